The Bertz CT molecular complexity index is 3640. The minimum atomic E-state index is 0.661. The van der Waals surface area contributed by atoms with E-state index in [0.29, 0.717) is 5.89 Å². The molecule has 4 heterocycles. The van der Waals surface area contributed by atoms with Crippen LogP contribution in [0.2, 0.25) is 0 Å². The minimum Gasteiger partial charge on any atom is -0.436 e. The van der Waals surface area contributed by atoms with E-state index in [2.05, 4.69) is 223 Å². The molecule has 0 aliphatic heterocycles. The third-order valence-electron chi connectivity index (χ3n) is 11.7. The molecule has 0 atom stereocenters. The second-order valence-corrected chi connectivity index (χ2v) is 20.3. The Kier molecular flexibility index (Phi) is 16.1. The van der Waals surface area contributed by atoms with Gasteiger partial charge in [-0.1, -0.05) is 173 Å². The van der Waals surface area contributed by atoms with Crippen LogP contribution in [0.15, 0.2) is 289 Å². The molecule has 9 aromatic carbocycles. The topological polar surface area (TPSA) is 64.4 Å². The number of hydrogen-bond donors (Lipinski definition) is 0. The fraction of sp³-hybridized carbons (Fsp3) is 0. The van der Waals surface area contributed by atoms with Crippen LogP contribution in [0.1, 0.15) is 0 Å². The number of benzene rings is 9. The molecule has 0 spiro atoms. The van der Waals surface area contributed by atoms with Gasteiger partial charge in [0.25, 0.3) is 0 Å². The van der Waals surface area contributed by atoms with Gasteiger partial charge in [-0.25, -0.2) is 15.0 Å². The normalized spacial score (nSPS) is 10.7. The standard InChI is InChI=1S/C19H13BrN2.C18H14BrN.C13H9BrN2.C13H8BrNO/c20-15-12-10-14(11-13-15)19-21-17-8-4-5-9-18(17)22(19)16-6-2-1-3-7-16;19-15-11-13-18(14-12-15)20(16-7-3-1-4-8-16)17-9-5-2-6-10-17;14-11-6-4-10(5-7-11)12-9-16-8-2-1-3-13(16)15-12;14-10-7-5-9(6-8-10)13-15-11-3-1-2-4-12(11)16-13/h1-13H;1-14H;1-9H;1-8H. The van der Waals surface area contributed by atoms with Crippen molar-refractivity contribution >= 4 is 109 Å². The summed E-state index contributed by atoms with van der Waals surface area (Å²) in [4.78, 5) is 16.1. The van der Waals surface area contributed by atoms with E-state index < -0.39 is 0 Å². The molecular formula is C63H44Br4N6O. The summed E-state index contributed by atoms with van der Waals surface area (Å²) in [6.07, 6.45) is 4.04. The molecule has 0 aliphatic carbocycles. The number of nitrogens with zero attached hydrogens (tertiary/aromatic N) is 6. The summed E-state index contributed by atoms with van der Waals surface area (Å²) in [6.45, 7) is 0. The highest BCUT2D eigenvalue weighted by Gasteiger charge is 2.15. The molecule has 11 heteroatoms. The lowest BCUT2D eigenvalue weighted by molar-refractivity contribution is 0.620. The smallest absolute Gasteiger partial charge is 0.227 e. The van der Waals surface area contributed by atoms with Gasteiger partial charge < -0.3 is 13.7 Å². The first kappa shape index (κ1) is 49.9. The van der Waals surface area contributed by atoms with Gasteiger partial charge in [-0.3, -0.25) is 4.57 Å². The molecule has 13 rings (SSSR count). The van der Waals surface area contributed by atoms with Crippen molar-refractivity contribution in [3.63, 3.8) is 0 Å². The van der Waals surface area contributed by atoms with E-state index in [0.717, 1.165) is 96.6 Å². The van der Waals surface area contributed by atoms with Crippen molar-refractivity contribution in [3.05, 3.63) is 285 Å². The minimum absolute atomic E-state index is 0.661. The average Bonchev–Trinajstić information content (AvgIpc) is 4.20. The molecule has 7 nitrogen and oxygen atoms in total. The van der Waals surface area contributed by atoms with Gasteiger partial charge in [-0.05, 0) is 146 Å². The second-order valence-electron chi connectivity index (χ2n) is 16.7. The molecule has 13 aromatic rings. The summed E-state index contributed by atoms with van der Waals surface area (Å²) in [6, 6.07) is 85.9. The van der Waals surface area contributed by atoms with Gasteiger partial charge in [0.05, 0.1) is 16.7 Å². The fourth-order valence-corrected chi connectivity index (χ4v) is 9.19. The van der Waals surface area contributed by atoms with Gasteiger partial charge in [0.1, 0.15) is 17.0 Å². The summed E-state index contributed by atoms with van der Waals surface area (Å²) in [5, 5.41) is 0. The lowest BCUT2D eigenvalue weighted by Gasteiger charge is -2.25. The van der Waals surface area contributed by atoms with Crippen LogP contribution < -0.4 is 4.90 Å². The van der Waals surface area contributed by atoms with Gasteiger partial charge in [-0.15, -0.1) is 0 Å². The van der Waals surface area contributed by atoms with Crippen LogP contribution in [0.25, 0.3) is 67.6 Å². The molecular weight excluding hydrogens is 1180 g/mol. The molecule has 360 valence electrons. The molecule has 0 N–H and O–H groups in total. The number of halogens is 4. The molecule has 0 fully saturated rings. The number of pyridine rings is 1. The predicted molar refractivity (Wildman–Crippen MR) is 319 cm³/mol. The summed E-state index contributed by atoms with van der Waals surface area (Å²) in [5.74, 6) is 1.62. The molecule has 0 amide bonds. The van der Waals surface area contributed by atoms with Crippen molar-refractivity contribution in [3.8, 4) is 39.8 Å². The van der Waals surface area contributed by atoms with Crippen LogP contribution in [0.3, 0.4) is 0 Å². The molecule has 74 heavy (non-hydrogen) atoms. The maximum atomic E-state index is 5.67. The van der Waals surface area contributed by atoms with Crippen LogP contribution in [0.4, 0.5) is 17.1 Å². The van der Waals surface area contributed by atoms with Crippen molar-refractivity contribution in [2.45, 2.75) is 0 Å². The Labute approximate surface area is 463 Å². The van der Waals surface area contributed by atoms with E-state index in [4.69, 9.17) is 9.40 Å². The number of aromatic nitrogens is 5. The highest BCUT2D eigenvalue weighted by atomic mass is 79.9. The van der Waals surface area contributed by atoms with Crippen molar-refractivity contribution in [2.24, 2.45) is 0 Å². The SMILES string of the molecule is Brc1ccc(-c2cn3ccccc3n2)cc1.Brc1ccc(-c2nc3ccccc3n2-c2ccccc2)cc1.Brc1ccc(-c2nc3ccccc3o2)cc1.Brc1ccc(N(c2ccccc2)c2ccccc2)cc1. The highest BCUT2D eigenvalue weighted by Crippen LogP contribution is 2.35. The first-order valence-electron chi connectivity index (χ1n) is 23.6. The van der Waals surface area contributed by atoms with Gasteiger partial charge >= 0.3 is 0 Å². The van der Waals surface area contributed by atoms with Gasteiger partial charge in [0.15, 0.2) is 5.58 Å². The van der Waals surface area contributed by atoms with Crippen LogP contribution in [0.5, 0.6) is 0 Å². The highest BCUT2D eigenvalue weighted by molar-refractivity contribution is 9.11. The summed E-state index contributed by atoms with van der Waals surface area (Å²) in [7, 11) is 0. The molecule has 0 saturated carbocycles. The number of para-hydroxylation sites is 7. The summed E-state index contributed by atoms with van der Waals surface area (Å²) in [5.41, 5.74) is 13.6. The van der Waals surface area contributed by atoms with Crippen LogP contribution >= 0.6 is 63.7 Å². The molecule has 0 radical (unpaired) electrons. The molecule has 4 aromatic heterocycles. The largest absolute Gasteiger partial charge is 0.436 e. The van der Waals surface area contributed by atoms with E-state index in [-0.39, 0.29) is 0 Å². The fourth-order valence-electron chi connectivity index (χ4n) is 8.13. The Morgan fingerprint density at radius 3 is 1.43 bits per heavy atom. The number of fused-ring (bicyclic) bond motifs is 3. The van der Waals surface area contributed by atoms with Crippen LogP contribution in [-0.4, -0.2) is 23.9 Å². The first-order valence-corrected chi connectivity index (χ1v) is 26.8. The number of oxazole rings is 1. The summed E-state index contributed by atoms with van der Waals surface area (Å²) >= 11 is 13.8. The molecule has 0 saturated heterocycles. The number of rotatable bonds is 7. The lowest BCUT2D eigenvalue weighted by atomic mass is 10.2. The van der Waals surface area contributed by atoms with Crippen molar-refractivity contribution < 1.29 is 4.42 Å². The Morgan fingerprint density at radius 2 is 0.851 bits per heavy atom. The van der Waals surface area contributed by atoms with Gasteiger partial charge in [-0.2, -0.15) is 0 Å². The number of hydrogen-bond acceptors (Lipinski definition) is 5. The lowest BCUT2D eigenvalue weighted by Crippen LogP contribution is -2.09. The Balaban J connectivity index is 0.000000114. The molecule has 0 aliphatic rings. The average molecular weight is 1220 g/mol. The second kappa shape index (κ2) is 23.9. The molecule has 0 bridgehead atoms. The van der Waals surface area contributed by atoms with Gasteiger partial charge in [0, 0.05) is 69.7 Å². The van der Waals surface area contributed by atoms with Crippen molar-refractivity contribution in [2.75, 3.05) is 4.90 Å². The Morgan fingerprint density at radius 1 is 0.378 bits per heavy atom. The first-order chi connectivity index (χ1) is 36.3. The predicted octanol–water partition coefficient (Wildman–Crippen LogP) is 19.4. The zero-order valence-corrected chi connectivity index (χ0v) is 45.9. The van der Waals surface area contributed by atoms with E-state index in [1.165, 1.54) is 0 Å². The number of anilines is 3. The maximum absolute atomic E-state index is 5.67. The monoisotopic (exact) mass is 1220 g/mol. The van der Waals surface area contributed by atoms with Gasteiger partial charge in [0.2, 0.25) is 5.89 Å². The van der Waals surface area contributed by atoms with Crippen molar-refractivity contribution in [1.82, 2.24) is 23.9 Å². The summed E-state index contributed by atoms with van der Waals surface area (Å²) < 4.78 is 14.2. The number of imidazole rings is 2. The van der Waals surface area contributed by atoms with E-state index in [1.807, 2.05) is 132 Å². The van der Waals surface area contributed by atoms with Crippen LogP contribution in [0, 0.1) is 0 Å². The molecule has 0 unspecified atom stereocenters. The van der Waals surface area contributed by atoms with E-state index in [9.17, 15) is 0 Å². The zero-order chi connectivity index (χ0) is 50.6. The van der Waals surface area contributed by atoms with E-state index >= 15 is 0 Å². The zero-order valence-electron chi connectivity index (χ0n) is 39.5. The van der Waals surface area contributed by atoms with E-state index in [1.54, 1.807) is 0 Å². The third kappa shape index (κ3) is 12.2. The Hall–Kier alpha value is -7.67. The quantitative estimate of drug-likeness (QED) is 0.159. The third-order valence-corrected chi connectivity index (χ3v) is 13.8. The van der Waals surface area contributed by atoms with Crippen molar-refractivity contribution in [1.29, 1.82) is 0 Å². The maximum Gasteiger partial charge on any atom is 0.227 e. The van der Waals surface area contributed by atoms with Crippen LogP contribution in [-0.2, 0) is 0 Å².